The van der Waals surface area contributed by atoms with Crippen molar-refractivity contribution in [1.82, 2.24) is 0 Å². The quantitative estimate of drug-likeness (QED) is 0.386. The molecule has 1 heterocycles. The topological polar surface area (TPSA) is 99.4 Å². The van der Waals surface area contributed by atoms with Gasteiger partial charge in [0.25, 0.3) is 0 Å². The van der Waals surface area contributed by atoms with Gasteiger partial charge in [0.1, 0.15) is 24.4 Å². The third-order valence-electron chi connectivity index (χ3n) is 2.01. The van der Waals surface area contributed by atoms with Gasteiger partial charge in [-0.1, -0.05) is 0 Å². The van der Waals surface area contributed by atoms with Crippen LogP contribution in [0.3, 0.4) is 0 Å². The second kappa shape index (κ2) is 4.32. The highest BCUT2D eigenvalue weighted by atomic mass is 16.7. The Balaban J connectivity index is 2.63. The molecule has 4 N–H and O–H groups in total. The zero-order valence-electron chi connectivity index (χ0n) is 7.91. The summed E-state index contributed by atoms with van der Waals surface area (Å²) in [6.45, 7) is -0.497. The molecule has 0 aromatic heterocycles. The molecule has 0 aliphatic carbocycles. The predicted molar refractivity (Wildman–Crippen MR) is 40.8 cm³/mol. The Bertz CT molecular complexity index is 176. The van der Waals surface area contributed by atoms with Crippen LogP contribution < -0.4 is 0 Å². The summed E-state index contributed by atoms with van der Waals surface area (Å²) in [7, 11) is -0.442. The average molecular weight is 195 g/mol. The normalized spacial score (nSPS) is 47.4. The van der Waals surface area contributed by atoms with E-state index in [1.807, 2.05) is 0 Å². The Labute approximate surface area is 76.7 Å². The summed E-state index contributed by atoms with van der Waals surface area (Å²) in [5.74, 6) is 0. The summed E-state index contributed by atoms with van der Waals surface area (Å²) in [5.41, 5.74) is 0. The predicted octanol–water partition coefficient (Wildman–Crippen LogP) is -2.57. The number of aliphatic hydroxyl groups is 4. The molecule has 0 spiro atoms. The molecule has 1 saturated heterocycles. The van der Waals surface area contributed by atoms with Crippen molar-refractivity contribution >= 4 is 0 Å². The van der Waals surface area contributed by atoms with Crippen LogP contribution in [0.25, 0.3) is 0 Å². The van der Waals surface area contributed by atoms with Crippen molar-refractivity contribution in [2.45, 2.75) is 30.7 Å². The molecule has 6 nitrogen and oxygen atoms in total. The van der Waals surface area contributed by atoms with Crippen LogP contribution in [0, 0.1) is 0 Å². The van der Waals surface area contributed by atoms with Gasteiger partial charge < -0.3 is 29.9 Å². The lowest BCUT2D eigenvalue weighted by Gasteiger charge is -2.38. The Morgan fingerprint density at radius 3 is 2.54 bits per heavy atom. The van der Waals surface area contributed by atoms with Crippen LogP contribution in [-0.4, -0.2) is 64.8 Å². The Morgan fingerprint density at radius 1 is 1.31 bits per heavy atom. The van der Waals surface area contributed by atoms with Crippen molar-refractivity contribution in [3.63, 3.8) is 0 Å². The lowest BCUT2D eigenvalue weighted by atomic mass is 9.99. The van der Waals surface area contributed by atoms with E-state index >= 15 is 0 Å². The fraction of sp³-hybridized carbons (Fsp3) is 1.00. The standard InChI is InChI=1S/C7H14O6/c1-12-7-6(11)5(10)4(9)3(2-8)13-7/h3-11H,2H2,1H3/t3-,4-,5+,6+,7?/m1/s1/i1D. The van der Waals surface area contributed by atoms with Gasteiger partial charge in [-0.05, 0) is 0 Å². The number of hydrogen-bond donors (Lipinski definition) is 4. The lowest BCUT2D eigenvalue weighted by molar-refractivity contribution is -0.294. The van der Waals surface area contributed by atoms with Crippen molar-refractivity contribution in [3.05, 3.63) is 0 Å². The van der Waals surface area contributed by atoms with Crippen LogP contribution >= 0.6 is 0 Å². The molecule has 1 aliphatic rings. The molecule has 0 radical (unpaired) electrons. The third kappa shape index (κ3) is 1.98. The molecule has 1 rings (SSSR count). The molecule has 0 aromatic carbocycles. The minimum absolute atomic E-state index is 0.442. The molecule has 0 amide bonds. The molecule has 1 unspecified atom stereocenters. The SMILES string of the molecule is [2H]COC1O[C@H](CO)[C@@H](O)[C@H](O)[C@@H]1O. The monoisotopic (exact) mass is 195 g/mol. The van der Waals surface area contributed by atoms with Gasteiger partial charge in [-0.2, -0.15) is 0 Å². The van der Waals surface area contributed by atoms with Gasteiger partial charge in [0.05, 0.1) is 7.98 Å². The van der Waals surface area contributed by atoms with E-state index in [1.165, 1.54) is 0 Å². The molecule has 0 bridgehead atoms. The second-order valence-electron chi connectivity index (χ2n) is 2.86. The molecule has 78 valence electrons. The van der Waals surface area contributed by atoms with Crippen molar-refractivity contribution in [2.24, 2.45) is 0 Å². The molecule has 0 saturated carbocycles. The van der Waals surface area contributed by atoms with Crippen LogP contribution in [0.5, 0.6) is 0 Å². The fourth-order valence-electron chi connectivity index (χ4n) is 1.21. The maximum Gasteiger partial charge on any atom is 0.186 e. The van der Waals surface area contributed by atoms with E-state index in [9.17, 15) is 15.3 Å². The van der Waals surface area contributed by atoms with Gasteiger partial charge in [0, 0.05) is 7.09 Å². The van der Waals surface area contributed by atoms with Crippen molar-refractivity contribution < 1.29 is 31.3 Å². The first kappa shape index (κ1) is 9.32. The maximum absolute atomic E-state index is 9.33. The first-order chi connectivity index (χ1) is 6.61. The van der Waals surface area contributed by atoms with Gasteiger partial charge in [-0.3, -0.25) is 0 Å². The number of aliphatic hydroxyl groups excluding tert-OH is 4. The van der Waals surface area contributed by atoms with Crippen LogP contribution in [-0.2, 0) is 9.47 Å². The van der Waals surface area contributed by atoms with Gasteiger partial charge in [0.15, 0.2) is 6.29 Å². The summed E-state index contributed by atoms with van der Waals surface area (Å²) in [5, 5.41) is 36.7. The molecule has 13 heavy (non-hydrogen) atoms. The van der Waals surface area contributed by atoms with Crippen molar-refractivity contribution in [2.75, 3.05) is 13.7 Å². The van der Waals surface area contributed by atoms with Crippen LogP contribution in [0.15, 0.2) is 0 Å². The van der Waals surface area contributed by atoms with Gasteiger partial charge in [-0.15, -0.1) is 0 Å². The first-order valence-corrected chi connectivity index (χ1v) is 3.83. The highest BCUT2D eigenvalue weighted by Gasteiger charge is 2.43. The molecule has 1 fully saturated rings. The summed E-state index contributed by atoms with van der Waals surface area (Å²) < 4.78 is 16.3. The number of methoxy groups -OCH3 is 1. The van der Waals surface area contributed by atoms with E-state index in [-0.39, 0.29) is 0 Å². The second-order valence-corrected chi connectivity index (χ2v) is 2.86. The van der Waals surface area contributed by atoms with Crippen LogP contribution in [0.4, 0.5) is 0 Å². The smallest absolute Gasteiger partial charge is 0.186 e. The average Bonchev–Trinajstić information content (AvgIpc) is 2.19. The Morgan fingerprint density at radius 2 is 2.00 bits per heavy atom. The van der Waals surface area contributed by atoms with Gasteiger partial charge in [0.2, 0.25) is 0 Å². The maximum atomic E-state index is 9.33. The van der Waals surface area contributed by atoms with E-state index in [1.54, 1.807) is 0 Å². The zero-order chi connectivity index (χ0) is 10.7. The zero-order valence-corrected chi connectivity index (χ0v) is 6.91. The molecule has 5 atom stereocenters. The summed E-state index contributed by atoms with van der Waals surface area (Å²) in [4.78, 5) is 0. The van der Waals surface area contributed by atoms with E-state index < -0.39 is 44.4 Å². The minimum Gasteiger partial charge on any atom is -0.394 e. The van der Waals surface area contributed by atoms with Gasteiger partial charge >= 0.3 is 0 Å². The molecular weight excluding hydrogens is 180 g/mol. The van der Waals surface area contributed by atoms with Crippen LogP contribution in [0.2, 0.25) is 0 Å². The third-order valence-corrected chi connectivity index (χ3v) is 2.01. The van der Waals surface area contributed by atoms with E-state index in [0.717, 1.165) is 0 Å². The first-order valence-electron chi connectivity index (χ1n) is 4.54. The summed E-state index contributed by atoms with van der Waals surface area (Å²) >= 11 is 0. The fourth-order valence-corrected chi connectivity index (χ4v) is 1.21. The van der Waals surface area contributed by atoms with E-state index in [0.29, 0.717) is 0 Å². The lowest BCUT2D eigenvalue weighted by Crippen LogP contribution is -2.58. The summed E-state index contributed by atoms with van der Waals surface area (Å²) in [6.07, 6.45) is -6.43. The summed E-state index contributed by atoms with van der Waals surface area (Å²) in [6, 6.07) is 0. The molecular formula is C7H14O6. The minimum atomic E-state index is -1.45. The van der Waals surface area contributed by atoms with E-state index in [2.05, 4.69) is 4.74 Å². The number of hydrogen-bond acceptors (Lipinski definition) is 6. The molecule has 6 heteroatoms. The van der Waals surface area contributed by atoms with E-state index in [4.69, 9.17) is 11.2 Å². The molecule has 0 aromatic rings. The van der Waals surface area contributed by atoms with Crippen LogP contribution in [0.1, 0.15) is 1.37 Å². The number of rotatable bonds is 2. The highest BCUT2D eigenvalue weighted by molar-refractivity contribution is 4.88. The van der Waals surface area contributed by atoms with Crippen molar-refractivity contribution in [1.29, 1.82) is 0 Å². The highest BCUT2D eigenvalue weighted by Crippen LogP contribution is 2.20. The molecule has 1 aliphatic heterocycles. The Kier molecular flexibility index (Phi) is 3.09. The van der Waals surface area contributed by atoms with Gasteiger partial charge in [-0.25, -0.2) is 0 Å². The Hall–Kier alpha value is -0.240. The number of ether oxygens (including phenoxy) is 2. The van der Waals surface area contributed by atoms with Crippen molar-refractivity contribution in [3.8, 4) is 0 Å². The largest absolute Gasteiger partial charge is 0.394 e.